The fourth-order valence-electron chi connectivity index (χ4n) is 5.62. The Morgan fingerprint density at radius 3 is 2.48 bits per heavy atom. The van der Waals surface area contributed by atoms with Crippen LogP contribution in [0.25, 0.3) is 5.57 Å². The van der Waals surface area contributed by atoms with E-state index in [1.165, 1.54) is 18.2 Å². The number of ketones is 1. The van der Waals surface area contributed by atoms with E-state index in [9.17, 15) is 23.5 Å². The Hall–Kier alpha value is -3.16. The second-order valence-corrected chi connectivity index (χ2v) is 11.6. The summed E-state index contributed by atoms with van der Waals surface area (Å²) in [5.74, 6) is -1.06. The Labute approximate surface area is 234 Å². The van der Waals surface area contributed by atoms with Gasteiger partial charge in [0.25, 0.3) is 0 Å². The van der Waals surface area contributed by atoms with Gasteiger partial charge in [-0.2, -0.15) is 0 Å². The molecular formula is C33H38F2O5. The van der Waals surface area contributed by atoms with Crippen molar-refractivity contribution in [3.05, 3.63) is 88.0 Å². The van der Waals surface area contributed by atoms with E-state index in [0.717, 1.165) is 23.1 Å². The molecule has 0 saturated carbocycles. The smallest absolute Gasteiger partial charge is 0.309 e. The van der Waals surface area contributed by atoms with Gasteiger partial charge in [0.2, 0.25) is 0 Å². The number of carbonyl (C=O) groups is 2. The zero-order valence-electron chi connectivity index (χ0n) is 23.6. The monoisotopic (exact) mass is 552 g/mol. The number of cyclic esters (lactones) is 1. The molecule has 0 amide bonds. The third kappa shape index (κ3) is 7.32. The molecule has 1 aliphatic carbocycles. The summed E-state index contributed by atoms with van der Waals surface area (Å²) in [4.78, 5) is 24.4. The molecular weight excluding hydrogens is 514 g/mol. The molecule has 2 aliphatic rings. The van der Waals surface area contributed by atoms with E-state index in [4.69, 9.17) is 9.47 Å². The maximum absolute atomic E-state index is 14.1. The number of hydrogen-bond donors (Lipinski definition) is 1. The van der Waals surface area contributed by atoms with E-state index in [1.54, 1.807) is 26.0 Å². The molecule has 214 valence electrons. The van der Waals surface area contributed by atoms with Gasteiger partial charge in [-0.25, -0.2) is 8.78 Å². The highest BCUT2D eigenvalue weighted by molar-refractivity contribution is 5.96. The SMILES string of the molecule is Cc1cc(C(=O)CCCOC2CC(c3ccc(F)c(C)c3)=C(/C=C/[C@@H]3C[C@@H](O)CC(=O)O3)C(C)(C)C2)ccc1F. The van der Waals surface area contributed by atoms with Gasteiger partial charge >= 0.3 is 5.97 Å². The molecule has 1 aliphatic heterocycles. The molecule has 5 nitrogen and oxygen atoms in total. The molecule has 0 bridgehead atoms. The number of aryl methyl sites for hydroxylation is 2. The number of halogens is 2. The summed E-state index contributed by atoms with van der Waals surface area (Å²) in [6.07, 6.45) is 5.01. The summed E-state index contributed by atoms with van der Waals surface area (Å²) in [5, 5.41) is 10.0. The van der Waals surface area contributed by atoms with Gasteiger partial charge in [-0.05, 0) is 103 Å². The first-order valence-electron chi connectivity index (χ1n) is 13.9. The molecule has 4 rings (SSSR count). The lowest BCUT2D eigenvalue weighted by Crippen LogP contribution is -2.32. The number of benzene rings is 2. The summed E-state index contributed by atoms with van der Waals surface area (Å²) in [6.45, 7) is 8.03. The number of esters is 1. The van der Waals surface area contributed by atoms with Gasteiger partial charge in [0.05, 0.1) is 18.6 Å². The number of Topliss-reactive ketones (excluding diaryl/α,β-unsaturated/α-hetero) is 1. The molecule has 1 fully saturated rings. The number of carbonyl (C=O) groups excluding carboxylic acids is 2. The van der Waals surface area contributed by atoms with Crippen LogP contribution in [0, 0.1) is 30.9 Å². The minimum atomic E-state index is -0.722. The summed E-state index contributed by atoms with van der Waals surface area (Å²) in [7, 11) is 0. The average Bonchev–Trinajstić information content (AvgIpc) is 2.88. The lowest BCUT2D eigenvalue weighted by Gasteiger charge is -2.39. The Balaban J connectivity index is 1.49. The third-order valence-corrected chi connectivity index (χ3v) is 7.78. The van der Waals surface area contributed by atoms with Crippen LogP contribution in [-0.2, 0) is 14.3 Å². The van der Waals surface area contributed by atoms with Crippen LogP contribution >= 0.6 is 0 Å². The first-order chi connectivity index (χ1) is 18.9. The summed E-state index contributed by atoms with van der Waals surface area (Å²) in [6, 6.07) is 9.50. The van der Waals surface area contributed by atoms with Gasteiger partial charge in [-0.1, -0.05) is 26.0 Å². The number of allylic oxidation sites excluding steroid dienone is 2. The average molecular weight is 553 g/mol. The highest BCUT2D eigenvalue weighted by Gasteiger charge is 2.35. The molecule has 2 aromatic carbocycles. The lowest BCUT2D eigenvalue weighted by atomic mass is 9.69. The van der Waals surface area contributed by atoms with E-state index in [0.29, 0.717) is 49.0 Å². The van der Waals surface area contributed by atoms with Crippen LogP contribution in [0.4, 0.5) is 8.78 Å². The van der Waals surface area contributed by atoms with Crippen LogP contribution < -0.4 is 0 Å². The Morgan fingerprint density at radius 1 is 1.10 bits per heavy atom. The van der Waals surface area contributed by atoms with Gasteiger partial charge in [0.1, 0.15) is 17.7 Å². The molecule has 1 N–H and O–H groups in total. The van der Waals surface area contributed by atoms with Gasteiger partial charge < -0.3 is 14.6 Å². The predicted molar refractivity (Wildman–Crippen MR) is 150 cm³/mol. The van der Waals surface area contributed by atoms with Gasteiger partial charge in [-0.15, -0.1) is 0 Å². The van der Waals surface area contributed by atoms with Crippen LogP contribution in [0.15, 0.2) is 54.1 Å². The fraction of sp³-hybridized carbons (Fsp3) is 0.455. The molecule has 7 heteroatoms. The van der Waals surface area contributed by atoms with Crippen LogP contribution in [0.5, 0.6) is 0 Å². The number of hydrogen-bond acceptors (Lipinski definition) is 5. The normalized spacial score (nSPS) is 23.0. The maximum Gasteiger partial charge on any atom is 0.309 e. The van der Waals surface area contributed by atoms with Crippen molar-refractivity contribution in [2.75, 3.05) is 6.61 Å². The molecule has 3 atom stereocenters. The van der Waals surface area contributed by atoms with Crippen molar-refractivity contribution in [1.82, 2.24) is 0 Å². The molecule has 0 aromatic heterocycles. The van der Waals surface area contributed by atoms with Crippen molar-refractivity contribution in [1.29, 1.82) is 0 Å². The Morgan fingerprint density at radius 2 is 1.80 bits per heavy atom. The van der Waals surface area contributed by atoms with E-state index in [1.807, 2.05) is 18.2 Å². The van der Waals surface area contributed by atoms with E-state index < -0.39 is 18.2 Å². The van der Waals surface area contributed by atoms with Crippen molar-refractivity contribution in [3.63, 3.8) is 0 Å². The largest absolute Gasteiger partial charge is 0.458 e. The van der Waals surface area contributed by atoms with E-state index >= 15 is 0 Å². The fourth-order valence-corrected chi connectivity index (χ4v) is 5.62. The topological polar surface area (TPSA) is 72.8 Å². The van der Waals surface area contributed by atoms with E-state index in [2.05, 4.69) is 13.8 Å². The third-order valence-electron chi connectivity index (χ3n) is 7.78. The van der Waals surface area contributed by atoms with Crippen molar-refractivity contribution in [2.45, 2.75) is 84.5 Å². The second kappa shape index (κ2) is 12.6. The van der Waals surface area contributed by atoms with Crippen LogP contribution in [0.3, 0.4) is 0 Å². The standard InChI is InChI=1S/C33H38F2O5/c1-20-14-22(7-11-29(20)34)27-18-26(39-13-5-6-31(37)23-8-12-30(35)21(2)15-23)19-33(3,4)28(27)10-9-25-16-24(36)17-32(38)40-25/h7-12,14-15,24-26,36H,5-6,13,16-19H2,1-4H3/b10-9+/t24-,25-,26?/m1/s1. The molecule has 1 unspecified atom stereocenters. The summed E-state index contributed by atoms with van der Waals surface area (Å²) in [5.41, 5.74) is 4.18. The van der Waals surface area contributed by atoms with Crippen molar-refractivity contribution in [2.24, 2.45) is 5.41 Å². The first kappa shape index (κ1) is 29.8. The van der Waals surface area contributed by atoms with Gasteiger partial charge in [-0.3, -0.25) is 9.59 Å². The maximum atomic E-state index is 14.1. The Kier molecular flexibility index (Phi) is 9.37. The molecule has 1 saturated heterocycles. The minimum absolute atomic E-state index is 0.00674. The molecule has 40 heavy (non-hydrogen) atoms. The number of rotatable bonds is 9. The summed E-state index contributed by atoms with van der Waals surface area (Å²) >= 11 is 0. The molecule has 0 radical (unpaired) electrons. The van der Waals surface area contributed by atoms with Gasteiger partial charge in [0, 0.05) is 25.0 Å². The minimum Gasteiger partial charge on any atom is -0.458 e. The number of aliphatic hydroxyl groups is 1. The second-order valence-electron chi connectivity index (χ2n) is 11.6. The van der Waals surface area contributed by atoms with Crippen LogP contribution in [0.1, 0.15) is 79.4 Å². The zero-order valence-corrected chi connectivity index (χ0v) is 23.6. The Bertz CT molecular complexity index is 1330. The first-order valence-corrected chi connectivity index (χ1v) is 13.9. The van der Waals surface area contributed by atoms with Crippen LogP contribution in [0.2, 0.25) is 0 Å². The quantitative estimate of drug-likeness (QED) is 0.210. The van der Waals surface area contributed by atoms with Crippen molar-refractivity contribution < 1.29 is 33.0 Å². The zero-order chi connectivity index (χ0) is 29.0. The van der Waals surface area contributed by atoms with Crippen molar-refractivity contribution in [3.8, 4) is 0 Å². The van der Waals surface area contributed by atoms with Gasteiger partial charge in [0.15, 0.2) is 5.78 Å². The highest BCUT2D eigenvalue weighted by atomic mass is 19.1. The molecule has 1 heterocycles. The highest BCUT2D eigenvalue weighted by Crippen LogP contribution is 2.46. The van der Waals surface area contributed by atoms with E-state index in [-0.39, 0.29) is 35.4 Å². The summed E-state index contributed by atoms with van der Waals surface area (Å²) < 4.78 is 39.4. The van der Waals surface area contributed by atoms with Crippen LogP contribution in [-0.4, -0.2) is 41.8 Å². The molecule has 0 spiro atoms. The lowest BCUT2D eigenvalue weighted by molar-refractivity contribution is -0.156. The van der Waals surface area contributed by atoms with Crippen molar-refractivity contribution >= 4 is 17.3 Å². The molecule has 2 aromatic rings. The predicted octanol–water partition coefficient (Wildman–Crippen LogP) is 6.83. The number of ether oxygens (including phenoxy) is 2. The number of aliphatic hydroxyl groups excluding tert-OH is 1.